The van der Waals surface area contributed by atoms with Crippen LogP contribution in [-0.4, -0.2) is 41.1 Å². The summed E-state index contributed by atoms with van der Waals surface area (Å²) in [5.41, 5.74) is 7.27. The van der Waals surface area contributed by atoms with E-state index in [-0.39, 0.29) is 0 Å². The van der Waals surface area contributed by atoms with Crippen LogP contribution >= 0.6 is 12.2 Å². The summed E-state index contributed by atoms with van der Waals surface area (Å²) in [6.45, 7) is 9.75. The molecule has 0 fully saturated rings. The largest absolute Gasteiger partial charge is 0.476 e. The summed E-state index contributed by atoms with van der Waals surface area (Å²) < 4.78 is 5.64. The molecule has 0 saturated heterocycles. The minimum atomic E-state index is 0.370. The van der Waals surface area contributed by atoms with Crippen molar-refractivity contribution in [3.63, 3.8) is 0 Å². The summed E-state index contributed by atoms with van der Waals surface area (Å²) in [5.74, 6) is 0.588. The van der Waals surface area contributed by atoms with E-state index in [9.17, 15) is 0 Å². The molecule has 0 radical (unpaired) electrons. The Morgan fingerprint density at radius 3 is 2.61 bits per heavy atom. The lowest BCUT2D eigenvalue weighted by Crippen LogP contribution is -2.28. The van der Waals surface area contributed by atoms with Crippen molar-refractivity contribution in [2.45, 2.75) is 20.8 Å². The van der Waals surface area contributed by atoms with E-state index >= 15 is 0 Å². The maximum absolute atomic E-state index is 5.64. The van der Waals surface area contributed by atoms with E-state index in [1.54, 1.807) is 6.07 Å². The summed E-state index contributed by atoms with van der Waals surface area (Å²) in [5, 5.41) is 0. The monoisotopic (exact) mass is 267 g/mol. The van der Waals surface area contributed by atoms with Gasteiger partial charge in [0.1, 0.15) is 11.6 Å². The van der Waals surface area contributed by atoms with E-state index in [1.165, 1.54) is 0 Å². The van der Waals surface area contributed by atoms with Crippen LogP contribution in [0.3, 0.4) is 0 Å². The predicted octanol–water partition coefficient (Wildman–Crippen LogP) is 1.74. The van der Waals surface area contributed by atoms with Crippen LogP contribution < -0.4 is 10.5 Å². The number of ether oxygens (including phenoxy) is 1. The summed E-state index contributed by atoms with van der Waals surface area (Å²) in [7, 11) is 0. The third-order valence-corrected chi connectivity index (χ3v) is 3.00. The number of nitrogens with two attached hydrogens (primary N) is 1. The van der Waals surface area contributed by atoms with Crippen molar-refractivity contribution in [3.8, 4) is 5.88 Å². The lowest BCUT2D eigenvalue weighted by Gasteiger charge is -2.17. The Hall–Kier alpha value is -1.20. The van der Waals surface area contributed by atoms with E-state index < -0.39 is 0 Å². The SMILES string of the molecule is CCN(CC)CCOc1cc(C(N)=S)cc(C)n1. The Morgan fingerprint density at radius 2 is 2.06 bits per heavy atom. The fourth-order valence-electron chi connectivity index (χ4n) is 1.67. The Kier molecular flexibility index (Phi) is 6.01. The van der Waals surface area contributed by atoms with E-state index in [0.717, 1.165) is 30.9 Å². The van der Waals surface area contributed by atoms with Gasteiger partial charge in [-0.15, -0.1) is 0 Å². The van der Waals surface area contributed by atoms with Gasteiger partial charge in [0.05, 0.1) is 0 Å². The second-order valence-electron chi connectivity index (χ2n) is 4.08. The zero-order valence-corrected chi connectivity index (χ0v) is 12.1. The molecule has 0 bridgehead atoms. The number of thiocarbonyl (C=S) groups is 1. The average molecular weight is 267 g/mol. The van der Waals surface area contributed by atoms with E-state index in [2.05, 4.69) is 23.7 Å². The fraction of sp³-hybridized carbons (Fsp3) is 0.538. The Balaban J connectivity index is 2.59. The van der Waals surface area contributed by atoms with Crippen molar-refractivity contribution in [1.82, 2.24) is 9.88 Å². The van der Waals surface area contributed by atoms with Crippen molar-refractivity contribution in [2.24, 2.45) is 5.73 Å². The second-order valence-corrected chi connectivity index (χ2v) is 4.51. The molecule has 4 nitrogen and oxygen atoms in total. The highest BCUT2D eigenvalue weighted by Gasteiger charge is 2.04. The normalized spacial score (nSPS) is 10.7. The molecule has 0 aliphatic carbocycles. The van der Waals surface area contributed by atoms with Gasteiger partial charge in [0.25, 0.3) is 0 Å². The van der Waals surface area contributed by atoms with Crippen molar-refractivity contribution in [3.05, 3.63) is 23.4 Å². The molecule has 0 spiro atoms. The maximum Gasteiger partial charge on any atom is 0.214 e. The van der Waals surface area contributed by atoms with Crippen LogP contribution in [0.1, 0.15) is 25.1 Å². The van der Waals surface area contributed by atoms with Gasteiger partial charge >= 0.3 is 0 Å². The van der Waals surface area contributed by atoms with Gasteiger partial charge in [0.2, 0.25) is 5.88 Å². The fourth-order valence-corrected chi connectivity index (χ4v) is 1.79. The van der Waals surface area contributed by atoms with Gasteiger partial charge in [-0.2, -0.15) is 0 Å². The maximum atomic E-state index is 5.64. The molecule has 0 aliphatic rings. The second kappa shape index (κ2) is 7.28. The molecule has 0 atom stereocenters. The molecule has 1 aromatic heterocycles. The number of pyridine rings is 1. The van der Waals surface area contributed by atoms with Gasteiger partial charge in [-0.3, -0.25) is 0 Å². The zero-order chi connectivity index (χ0) is 13.5. The van der Waals surface area contributed by atoms with Crippen LogP contribution in [-0.2, 0) is 0 Å². The first kappa shape index (κ1) is 14.9. The summed E-state index contributed by atoms with van der Waals surface area (Å²) in [6, 6.07) is 3.65. The first-order valence-corrected chi connectivity index (χ1v) is 6.61. The first-order valence-electron chi connectivity index (χ1n) is 6.20. The highest BCUT2D eigenvalue weighted by Crippen LogP contribution is 2.12. The third-order valence-electron chi connectivity index (χ3n) is 2.77. The van der Waals surface area contributed by atoms with Crippen LogP contribution in [0.5, 0.6) is 5.88 Å². The molecule has 1 heterocycles. The molecular formula is C13H21N3OS. The highest BCUT2D eigenvalue weighted by molar-refractivity contribution is 7.80. The summed E-state index contributed by atoms with van der Waals surface area (Å²) in [6.07, 6.45) is 0. The molecule has 5 heteroatoms. The molecule has 0 saturated carbocycles. The molecule has 0 amide bonds. The highest BCUT2D eigenvalue weighted by atomic mass is 32.1. The minimum absolute atomic E-state index is 0.370. The molecule has 0 aromatic carbocycles. The number of hydrogen-bond acceptors (Lipinski definition) is 4. The van der Waals surface area contributed by atoms with Gasteiger partial charge in [-0.05, 0) is 26.1 Å². The van der Waals surface area contributed by atoms with Gasteiger partial charge in [0, 0.05) is 23.9 Å². The number of hydrogen-bond donors (Lipinski definition) is 1. The molecule has 0 unspecified atom stereocenters. The van der Waals surface area contributed by atoms with E-state index in [1.807, 2.05) is 13.0 Å². The molecule has 0 aliphatic heterocycles. The Labute approximate surface area is 114 Å². The minimum Gasteiger partial charge on any atom is -0.476 e. The Morgan fingerprint density at radius 1 is 1.39 bits per heavy atom. The van der Waals surface area contributed by atoms with Gasteiger partial charge in [-0.25, -0.2) is 4.98 Å². The van der Waals surface area contributed by atoms with E-state index in [4.69, 9.17) is 22.7 Å². The molecular weight excluding hydrogens is 246 g/mol. The van der Waals surface area contributed by atoms with Crippen LogP contribution in [0.15, 0.2) is 12.1 Å². The van der Waals surface area contributed by atoms with E-state index in [0.29, 0.717) is 17.5 Å². The standard InChI is InChI=1S/C13H21N3OS/c1-4-16(5-2)6-7-17-12-9-11(13(14)18)8-10(3)15-12/h8-9H,4-7H2,1-3H3,(H2,14,18). The van der Waals surface area contributed by atoms with Gasteiger partial charge in [-0.1, -0.05) is 26.1 Å². The summed E-state index contributed by atoms with van der Waals surface area (Å²) >= 11 is 4.96. The number of aromatic nitrogens is 1. The number of rotatable bonds is 7. The zero-order valence-electron chi connectivity index (χ0n) is 11.3. The molecule has 18 heavy (non-hydrogen) atoms. The van der Waals surface area contributed by atoms with Crippen molar-refractivity contribution in [2.75, 3.05) is 26.2 Å². The summed E-state index contributed by atoms with van der Waals surface area (Å²) in [4.78, 5) is 6.97. The first-order chi connectivity index (χ1) is 8.56. The van der Waals surface area contributed by atoms with Crippen LogP contribution in [0, 0.1) is 6.92 Å². The topological polar surface area (TPSA) is 51.4 Å². The van der Waals surface area contributed by atoms with Crippen LogP contribution in [0.4, 0.5) is 0 Å². The van der Waals surface area contributed by atoms with Crippen molar-refractivity contribution < 1.29 is 4.74 Å². The average Bonchev–Trinajstić information content (AvgIpc) is 2.34. The number of nitrogens with zero attached hydrogens (tertiary/aromatic N) is 2. The lowest BCUT2D eigenvalue weighted by atomic mass is 10.2. The number of likely N-dealkylation sites (N-methyl/N-ethyl adjacent to an activating group) is 1. The van der Waals surface area contributed by atoms with Crippen molar-refractivity contribution >= 4 is 17.2 Å². The lowest BCUT2D eigenvalue weighted by molar-refractivity contribution is 0.217. The molecule has 1 aromatic rings. The molecule has 2 N–H and O–H groups in total. The van der Waals surface area contributed by atoms with Gasteiger partial charge < -0.3 is 15.4 Å². The predicted molar refractivity (Wildman–Crippen MR) is 78.1 cm³/mol. The quantitative estimate of drug-likeness (QED) is 0.763. The smallest absolute Gasteiger partial charge is 0.214 e. The van der Waals surface area contributed by atoms with Crippen molar-refractivity contribution in [1.29, 1.82) is 0 Å². The number of aryl methyl sites for hydroxylation is 1. The molecule has 100 valence electrons. The van der Waals surface area contributed by atoms with Crippen LogP contribution in [0.2, 0.25) is 0 Å². The van der Waals surface area contributed by atoms with Crippen LogP contribution in [0.25, 0.3) is 0 Å². The molecule has 1 rings (SSSR count). The van der Waals surface area contributed by atoms with Gasteiger partial charge in [0.15, 0.2) is 0 Å². The third kappa shape index (κ3) is 4.58. The Bertz CT molecular complexity index is 405.